The number of hydrogen-bond donors (Lipinski definition) is 1. The molecular weight excluding hydrogens is 294 g/mol. The molecule has 1 atom stereocenters. The number of rotatable bonds is 7. The van der Waals surface area contributed by atoms with Crippen molar-refractivity contribution >= 4 is 15.7 Å². The second-order valence-electron chi connectivity index (χ2n) is 5.32. The first-order chi connectivity index (χ1) is 9.83. The highest BCUT2D eigenvalue weighted by molar-refractivity contribution is 7.89. The summed E-state index contributed by atoms with van der Waals surface area (Å²) in [6.07, 6.45) is 2.27. The van der Waals surface area contributed by atoms with Gasteiger partial charge in [0.2, 0.25) is 10.0 Å². The molecule has 1 aromatic carbocycles. The van der Waals surface area contributed by atoms with Gasteiger partial charge in [0.05, 0.1) is 4.92 Å². The van der Waals surface area contributed by atoms with Crippen LogP contribution in [0.15, 0.2) is 29.2 Å². The molecule has 1 aromatic rings. The van der Waals surface area contributed by atoms with Gasteiger partial charge in [0, 0.05) is 24.7 Å². The summed E-state index contributed by atoms with van der Waals surface area (Å²) in [5.41, 5.74) is -0.409. The van der Waals surface area contributed by atoms with Crippen LogP contribution in [0.25, 0.3) is 0 Å². The van der Waals surface area contributed by atoms with Gasteiger partial charge in [-0.2, -0.15) is 0 Å². The fourth-order valence-electron chi connectivity index (χ4n) is 2.13. The molecule has 2 rings (SSSR count). The molecule has 21 heavy (non-hydrogen) atoms. The first kappa shape index (κ1) is 15.9. The minimum atomic E-state index is -3.89. The average Bonchev–Trinajstić information content (AvgIpc) is 3.28. The Morgan fingerprint density at radius 1 is 1.43 bits per heavy atom. The molecule has 0 heterocycles. The van der Waals surface area contributed by atoms with Gasteiger partial charge >= 0.3 is 0 Å². The van der Waals surface area contributed by atoms with E-state index < -0.39 is 20.6 Å². The van der Waals surface area contributed by atoms with Crippen molar-refractivity contribution in [1.29, 1.82) is 0 Å². The van der Waals surface area contributed by atoms with Crippen LogP contribution in [0.2, 0.25) is 0 Å². The summed E-state index contributed by atoms with van der Waals surface area (Å²) in [7, 11) is -1.93. The zero-order valence-electron chi connectivity index (χ0n) is 12.0. The molecule has 0 radical (unpaired) electrons. The Balaban J connectivity index is 2.10. The van der Waals surface area contributed by atoms with Gasteiger partial charge in [0.15, 0.2) is 4.90 Å². The fraction of sp³-hybridized carbons (Fsp3) is 0.538. The molecule has 1 aliphatic rings. The van der Waals surface area contributed by atoms with Gasteiger partial charge in [-0.25, -0.2) is 13.1 Å². The topological polar surface area (TPSA) is 92.5 Å². The summed E-state index contributed by atoms with van der Waals surface area (Å²) >= 11 is 0. The number of nitrogens with zero attached hydrogens (tertiary/aromatic N) is 2. The number of para-hydroxylation sites is 1. The number of hydrogen-bond acceptors (Lipinski definition) is 5. The number of benzene rings is 1. The molecule has 7 nitrogen and oxygen atoms in total. The standard InChI is InChI=1S/C13H19N3O4S/c1-10(15(2)11-7-8-11)9-14-21(19,20)13-6-4-3-5-12(13)16(17)18/h3-6,10-11,14H,7-9H2,1-2H3/t10-/m1/s1. The third-order valence-electron chi connectivity index (χ3n) is 3.74. The van der Waals surface area contributed by atoms with Gasteiger partial charge in [-0.05, 0) is 32.9 Å². The molecule has 1 saturated carbocycles. The van der Waals surface area contributed by atoms with Crippen molar-refractivity contribution in [2.45, 2.75) is 36.7 Å². The maximum Gasteiger partial charge on any atom is 0.289 e. The Hall–Kier alpha value is -1.51. The summed E-state index contributed by atoms with van der Waals surface area (Å²) in [5.74, 6) is 0. The van der Waals surface area contributed by atoms with E-state index in [0.717, 1.165) is 12.8 Å². The molecule has 1 fully saturated rings. The second kappa shape index (κ2) is 6.08. The minimum absolute atomic E-state index is 0.0371. The monoisotopic (exact) mass is 313 g/mol. The molecule has 1 N–H and O–H groups in total. The van der Waals surface area contributed by atoms with E-state index in [1.165, 1.54) is 24.3 Å². The van der Waals surface area contributed by atoms with Crippen LogP contribution in [0.4, 0.5) is 5.69 Å². The van der Waals surface area contributed by atoms with E-state index in [-0.39, 0.29) is 17.5 Å². The number of nitrogens with one attached hydrogen (secondary N) is 1. The van der Waals surface area contributed by atoms with Crippen LogP contribution >= 0.6 is 0 Å². The lowest BCUT2D eigenvalue weighted by Gasteiger charge is -2.24. The molecule has 0 saturated heterocycles. The van der Waals surface area contributed by atoms with E-state index in [1.54, 1.807) is 0 Å². The van der Waals surface area contributed by atoms with Crippen molar-refractivity contribution in [3.8, 4) is 0 Å². The second-order valence-corrected chi connectivity index (χ2v) is 7.06. The number of nitro groups is 1. The molecule has 0 unspecified atom stereocenters. The quantitative estimate of drug-likeness (QED) is 0.606. The first-order valence-electron chi connectivity index (χ1n) is 6.78. The van der Waals surface area contributed by atoms with Gasteiger partial charge in [0.1, 0.15) is 0 Å². The largest absolute Gasteiger partial charge is 0.299 e. The maximum absolute atomic E-state index is 12.2. The average molecular weight is 313 g/mol. The van der Waals surface area contributed by atoms with Crippen LogP contribution in [0.5, 0.6) is 0 Å². The summed E-state index contributed by atoms with van der Waals surface area (Å²) in [6.45, 7) is 2.15. The zero-order valence-corrected chi connectivity index (χ0v) is 12.8. The number of likely N-dealkylation sites (N-methyl/N-ethyl adjacent to an activating group) is 1. The molecule has 0 aliphatic heterocycles. The van der Waals surface area contributed by atoms with Gasteiger partial charge in [-0.1, -0.05) is 12.1 Å². The predicted octanol–water partition coefficient (Wildman–Crippen LogP) is 1.36. The molecule has 0 aromatic heterocycles. The van der Waals surface area contributed by atoms with Crippen molar-refractivity contribution in [3.05, 3.63) is 34.4 Å². The maximum atomic E-state index is 12.2. The van der Waals surface area contributed by atoms with Crippen molar-refractivity contribution < 1.29 is 13.3 Å². The van der Waals surface area contributed by atoms with Gasteiger partial charge in [-0.3, -0.25) is 15.0 Å². The van der Waals surface area contributed by atoms with Gasteiger partial charge in [-0.15, -0.1) is 0 Å². The van der Waals surface area contributed by atoms with Crippen LogP contribution < -0.4 is 4.72 Å². The molecular formula is C13H19N3O4S. The number of sulfonamides is 1. The Kier molecular flexibility index (Phi) is 4.60. The lowest BCUT2D eigenvalue weighted by Crippen LogP contribution is -2.41. The van der Waals surface area contributed by atoms with Crippen molar-refractivity contribution in [3.63, 3.8) is 0 Å². The van der Waals surface area contributed by atoms with Crippen molar-refractivity contribution in [2.24, 2.45) is 0 Å². The summed E-state index contributed by atoms with van der Waals surface area (Å²) in [5, 5.41) is 10.9. The SMILES string of the molecule is C[C@H](CNS(=O)(=O)c1ccccc1[N+](=O)[O-])N(C)C1CC1. The molecule has 1 aliphatic carbocycles. The Morgan fingerprint density at radius 3 is 2.62 bits per heavy atom. The highest BCUT2D eigenvalue weighted by Gasteiger charge is 2.30. The van der Waals surface area contributed by atoms with Crippen LogP contribution in [0.3, 0.4) is 0 Å². The summed E-state index contributed by atoms with van der Waals surface area (Å²) < 4.78 is 26.9. The first-order valence-corrected chi connectivity index (χ1v) is 8.26. The number of nitro benzene ring substituents is 1. The fourth-order valence-corrected chi connectivity index (χ4v) is 3.42. The van der Waals surface area contributed by atoms with Crippen LogP contribution in [0, 0.1) is 10.1 Å². The van der Waals surface area contributed by atoms with Crippen LogP contribution in [-0.2, 0) is 10.0 Å². The summed E-state index contributed by atoms with van der Waals surface area (Å²) in [4.78, 5) is 12.1. The minimum Gasteiger partial charge on any atom is -0.299 e. The Morgan fingerprint density at radius 2 is 2.05 bits per heavy atom. The van der Waals surface area contributed by atoms with Gasteiger partial charge in [0.25, 0.3) is 5.69 Å². The zero-order chi connectivity index (χ0) is 15.6. The van der Waals surface area contributed by atoms with Crippen LogP contribution in [-0.4, -0.2) is 43.9 Å². The van der Waals surface area contributed by atoms with E-state index in [0.29, 0.717) is 6.04 Å². The van der Waals surface area contributed by atoms with Gasteiger partial charge < -0.3 is 0 Å². The lowest BCUT2D eigenvalue weighted by molar-refractivity contribution is -0.387. The Bertz CT molecular complexity index is 628. The molecule has 8 heteroatoms. The highest BCUT2D eigenvalue weighted by atomic mass is 32.2. The molecule has 116 valence electrons. The van der Waals surface area contributed by atoms with E-state index in [1.807, 2.05) is 14.0 Å². The molecule has 0 bridgehead atoms. The molecule has 0 spiro atoms. The lowest BCUT2D eigenvalue weighted by atomic mass is 10.3. The van der Waals surface area contributed by atoms with E-state index in [9.17, 15) is 18.5 Å². The third-order valence-corrected chi connectivity index (χ3v) is 5.21. The predicted molar refractivity (Wildman–Crippen MR) is 78.5 cm³/mol. The van der Waals surface area contributed by atoms with Crippen LogP contribution in [0.1, 0.15) is 19.8 Å². The van der Waals surface area contributed by atoms with E-state index >= 15 is 0 Å². The summed E-state index contributed by atoms with van der Waals surface area (Å²) in [6, 6.07) is 5.91. The van der Waals surface area contributed by atoms with E-state index in [4.69, 9.17) is 0 Å². The van der Waals surface area contributed by atoms with E-state index in [2.05, 4.69) is 9.62 Å². The smallest absolute Gasteiger partial charge is 0.289 e. The van der Waals surface area contributed by atoms with Crippen molar-refractivity contribution in [2.75, 3.05) is 13.6 Å². The van der Waals surface area contributed by atoms with Crippen molar-refractivity contribution in [1.82, 2.24) is 9.62 Å². The Labute approximate surface area is 124 Å². The highest BCUT2D eigenvalue weighted by Crippen LogP contribution is 2.27. The normalized spacial score (nSPS) is 16.9. The molecule has 0 amide bonds. The third kappa shape index (κ3) is 3.78.